The smallest absolute Gasteiger partial charge is 0.355 e. The summed E-state index contributed by atoms with van der Waals surface area (Å²) in [6.45, 7) is 2.67. The van der Waals surface area contributed by atoms with Crippen molar-refractivity contribution >= 4 is 35.0 Å². The van der Waals surface area contributed by atoms with Crippen LogP contribution in [0.2, 0.25) is 5.02 Å². The van der Waals surface area contributed by atoms with E-state index < -0.39 is 23.1 Å². The minimum atomic E-state index is -5.27. The van der Waals surface area contributed by atoms with Gasteiger partial charge < -0.3 is 15.1 Å². The first kappa shape index (κ1) is 22.8. The quantitative estimate of drug-likeness (QED) is 0.614. The molecular weight excluding hydrogens is 469 g/mol. The van der Waals surface area contributed by atoms with Gasteiger partial charge in [0.15, 0.2) is 0 Å². The number of alkyl halides is 3. The van der Waals surface area contributed by atoms with Crippen LogP contribution in [0.5, 0.6) is 0 Å². The van der Waals surface area contributed by atoms with E-state index in [0.29, 0.717) is 35.0 Å². The summed E-state index contributed by atoms with van der Waals surface area (Å²) < 4.78 is 39.4. The van der Waals surface area contributed by atoms with Gasteiger partial charge >= 0.3 is 6.18 Å². The molecule has 2 aliphatic heterocycles. The molecule has 34 heavy (non-hydrogen) atoms. The van der Waals surface area contributed by atoms with Gasteiger partial charge in [-0.1, -0.05) is 23.7 Å². The second-order valence-corrected chi connectivity index (χ2v) is 9.14. The topological polar surface area (TPSA) is 81.3 Å². The second kappa shape index (κ2) is 7.76. The average molecular weight is 489 g/mol. The van der Waals surface area contributed by atoms with Gasteiger partial charge in [-0.2, -0.15) is 13.2 Å². The summed E-state index contributed by atoms with van der Waals surface area (Å²) in [5, 5.41) is 20.0. The number of pyridine rings is 1. The number of hydrogen-bond acceptors (Lipinski definition) is 6. The lowest BCUT2D eigenvalue weighted by molar-refractivity contribution is -0.358. The van der Waals surface area contributed by atoms with E-state index in [1.54, 1.807) is 0 Å². The highest BCUT2D eigenvalue weighted by molar-refractivity contribution is 6.31. The highest BCUT2D eigenvalue weighted by atomic mass is 35.5. The third-order valence-corrected chi connectivity index (χ3v) is 6.67. The van der Waals surface area contributed by atoms with Crippen LogP contribution in [-0.4, -0.2) is 45.6 Å². The molecule has 1 aromatic carbocycles. The van der Waals surface area contributed by atoms with Gasteiger partial charge in [0, 0.05) is 46.3 Å². The lowest BCUT2D eigenvalue weighted by atomic mass is 9.80. The molecule has 3 heterocycles. The molecule has 3 aliphatic rings. The van der Waals surface area contributed by atoms with Crippen molar-refractivity contribution in [1.29, 1.82) is 0 Å². The standard InChI is InChI=1S/C24H20ClF3N4O2/c1-22-6-4-15(16-8-17(12-29-11-16)23(33,34)24(26,27)28)9-19(22)21(30-13-31-22)32-7-5-14-2-3-18(25)10-20(14)32/h2-4,8-13,33-34H,5-7H2,1H3. The van der Waals surface area contributed by atoms with Crippen molar-refractivity contribution in [2.75, 3.05) is 11.4 Å². The Hall–Kier alpha value is -3.01. The summed E-state index contributed by atoms with van der Waals surface area (Å²) in [5.74, 6) is -3.31. The Morgan fingerprint density at radius 3 is 2.71 bits per heavy atom. The van der Waals surface area contributed by atoms with Gasteiger partial charge in [-0.15, -0.1) is 0 Å². The van der Waals surface area contributed by atoms with E-state index >= 15 is 0 Å². The summed E-state index contributed by atoms with van der Waals surface area (Å²) in [7, 11) is 0. The van der Waals surface area contributed by atoms with Gasteiger partial charge in [-0.3, -0.25) is 9.98 Å². The molecular formula is C24H20ClF3N4O2. The number of halogens is 4. The highest BCUT2D eigenvalue weighted by Gasteiger charge is 2.54. The number of allylic oxidation sites excluding steroid dienone is 2. The maximum atomic E-state index is 13.1. The fourth-order valence-corrected chi connectivity index (χ4v) is 4.60. The Morgan fingerprint density at radius 1 is 1.15 bits per heavy atom. The van der Waals surface area contributed by atoms with E-state index in [9.17, 15) is 23.4 Å². The Labute approximate surface area is 198 Å². The number of benzene rings is 1. The Bertz CT molecular complexity index is 1300. The van der Waals surface area contributed by atoms with Crippen LogP contribution in [0.25, 0.3) is 5.57 Å². The minimum Gasteiger partial charge on any atom is -0.355 e. The van der Waals surface area contributed by atoms with Crippen molar-refractivity contribution in [1.82, 2.24) is 4.98 Å². The first-order valence-corrected chi connectivity index (χ1v) is 10.9. The molecule has 1 atom stereocenters. The zero-order valence-corrected chi connectivity index (χ0v) is 18.8. The largest absolute Gasteiger partial charge is 0.447 e. The predicted octanol–water partition coefficient (Wildman–Crippen LogP) is 4.41. The number of aliphatic hydroxyl groups is 2. The predicted molar refractivity (Wildman–Crippen MR) is 124 cm³/mol. The van der Waals surface area contributed by atoms with Gasteiger partial charge in [0.2, 0.25) is 0 Å². The molecule has 0 saturated carbocycles. The summed E-state index contributed by atoms with van der Waals surface area (Å²) in [4.78, 5) is 15.0. The van der Waals surface area contributed by atoms with E-state index in [1.807, 2.05) is 37.3 Å². The molecule has 1 unspecified atom stereocenters. The van der Waals surface area contributed by atoms with E-state index in [0.717, 1.165) is 35.5 Å². The van der Waals surface area contributed by atoms with Crippen LogP contribution in [0, 0.1) is 0 Å². The Balaban J connectivity index is 1.55. The fourth-order valence-electron chi connectivity index (χ4n) is 4.44. The van der Waals surface area contributed by atoms with Crippen molar-refractivity contribution in [2.24, 2.45) is 9.98 Å². The number of rotatable bonds is 2. The number of amidine groups is 1. The lowest BCUT2D eigenvalue weighted by Gasteiger charge is -2.37. The number of nitrogens with zero attached hydrogens (tertiary/aromatic N) is 4. The summed E-state index contributed by atoms with van der Waals surface area (Å²) in [6, 6.07) is 6.81. The molecule has 0 spiro atoms. The normalized spacial score (nSPS) is 22.1. The summed E-state index contributed by atoms with van der Waals surface area (Å²) in [6.07, 6.45) is 3.42. The number of hydrogen-bond donors (Lipinski definition) is 2. The molecule has 0 saturated heterocycles. The second-order valence-electron chi connectivity index (χ2n) is 8.70. The molecule has 0 bridgehead atoms. The Morgan fingerprint density at radius 2 is 1.94 bits per heavy atom. The first-order valence-electron chi connectivity index (χ1n) is 10.6. The van der Waals surface area contributed by atoms with Crippen LogP contribution in [0.4, 0.5) is 18.9 Å². The van der Waals surface area contributed by atoms with Crippen molar-refractivity contribution in [3.05, 3.63) is 76.1 Å². The van der Waals surface area contributed by atoms with Crippen LogP contribution in [0.1, 0.15) is 30.0 Å². The number of anilines is 1. The van der Waals surface area contributed by atoms with Crippen molar-refractivity contribution in [2.45, 2.75) is 37.3 Å². The molecule has 0 radical (unpaired) electrons. The first-order chi connectivity index (χ1) is 16.0. The van der Waals surface area contributed by atoms with E-state index in [1.165, 1.54) is 12.5 Å². The molecule has 5 rings (SSSR count). The molecule has 2 aromatic rings. The number of aliphatic imine (C=N–C) groups is 2. The number of fused-ring (bicyclic) bond motifs is 2. The maximum Gasteiger partial charge on any atom is 0.447 e. The molecule has 6 nitrogen and oxygen atoms in total. The van der Waals surface area contributed by atoms with Crippen LogP contribution in [0.3, 0.4) is 0 Å². The molecule has 10 heteroatoms. The van der Waals surface area contributed by atoms with Crippen LogP contribution in [0.15, 0.2) is 64.4 Å². The monoisotopic (exact) mass is 488 g/mol. The lowest BCUT2D eigenvalue weighted by Crippen LogP contribution is -2.42. The van der Waals surface area contributed by atoms with E-state index in [-0.39, 0.29) is 0 Å². The fraction of sp³-hybridized carbons (Fsp3) is 0.292. The zero-order chi connectivity index (χ0) is 24.3. The molecule has 176 valence electrons. The van der Waals surface area contributed by atoms with Crippen molar-refractivity contribution in [3.8, 4) is 0 Å². The SMILES string of the molecule is CC12CC=C(c3cncc(C(O)(O)C(F)(F)F)c3)C=C1C(N1CCc3ccc(Cl)cc31)=NC=N2. The molecule has 0 fully saturated rings. The van der Waals surface area contributed by atoms with Gasteiger partial charge in [-0.25, -0.2) is 4.99 Å². The minimum absolute atomic E-state index is 0.322. The molecule has 2 N–H and O–H groups in total. The third-order valence-electron chi connectivity index (χ3n) is 6.43. The zero-order valence-electron chi connectivity index (χ0n) is 18.0. The summed E-state index contributed by atoms with van der Waals surface area (Å²) in [5.41, 5.74) is 2.47. The van der Waals surface area contributed by atoms with E-state index in [4.69, 9.17) is 11.6 Å². The van der Waals surface area contributed by atoms with Crippen molar-refractivity contribution < 1.29 is 23.4 Å². The number of aromatic nitrogens is 1. The van der Waals surface area contributed by atoms with Crippen LogP contribution >= 0.6 is 11.6 Å². The molecule has 1 aromatic heterocycles. The van der Waals surface area contributed by atoms with Gasteiger partial charge in [0.1, 0.15) is 12.2 Å². The molecule has 1 aliphatic carbocycles. The maximum absolute atomic E-state index is 13.1. The van der Waals surface area contributed by atoms with Gasteiger partial charge in [0.25, 0.3) is 5.79 Å². The average Bonchev–Trinajstić information content (AvgIpc) is 3.20. The summed E-state index contributed by atoms with van der Waals surface area (Å²) >= 11 is 6.23. The van der Waals surface area contributed by atoms with Gasteiger partial charge in [-0.05, 0) is 55.2 Å². The third kappa shape index (κ3) is 3.64. The highest BCUT2D eigenvalue weighted by Crippen LogP contribution is 2.42. The van der Waals surface area contributed by atoms with Crippen molar-refractivity contribution in [3.63, 3.8) is 0 Å². The van der Waals surface area contributed by atoms with E-state index in [2.05, 4.69) is 19.9 Å². The van der Waals surface area contributed by atoms with Crippen LogP contribution in [-0.2, 0) is 12.2 Å². The van der Waals surface area contributed by atoms with Crippen LogP contribution < -0.4 is 4.90 Å². The molecule has 0 amide bonds. The Kier molecular flexibility index (Phi) is 5.20. The van der Waals surface area contributed by atoms with Gasteiger partial charge in [0.05, 0.1) is 5.54 Å².